The van der Waals surface area contributed by atoms with E-state index in [4.69, 9.17) is 14.2 Å². The Morgan fingerprint density at radius 1 is 1.09 bits per heavy atom. The number of ether oxygens (including phenoxy) is 3. The highest BCUT2D eigenvalue weighted by Crippen LogP contribution is 2.45. The highest BCUT2D eigenvalue weighted by Gasteiger charge is 2.41. The van der Waals surface area contributed by atoms with Crippen molar-refractivity contribution in [2.75, 3.05) is 26.1 Å². The van der Waals surface area contributed by atoms with Gasteiger partial charge in [-0.25, -0.2) is 9.79 Å². The van der Waals surface area contributed by atoms with Gasteiger partial charge in [-0.3, -0.25) is 4.79 Å². The quantitative estimate of drug-likeness (QED) is 0.525. The van der Waals surface area contributed by atoms with Crippen molar-refractivity contribution in [2.24, 2.45) is 4.99 Å². The minimum absolute atomic E-state index is 0.0961. The smallest absolute Gasteiger partial charge is 0.338 e. The Hall–Kier alpha value is -3.72. The van der Waals surface area contributed by atoms with E-state index in [1.165, 1.54) is 11.8 Å². The lowest BCUT2D eigenvalue weighted by atomic mass is 9.93. The number of esters is 1. The van der Waals surface area contributed by atoms with Crippen LogP contribution in [0.3, 0.4) is 0 Å². The third-order valence-electron chi connectivity index (χ3n) is 5.60. The number of nitrogens with one attached hydrogen (secondary N) is 1. The number of carbonyl (C=O) groups is 2. The van der Waals surface area contributed by atoms with Crippen LogP contribution in [-0.2, 0) is 14.3 Å². The van der Waals surface area contributed by atoms with Crippen LogP contribution in [-0.4, -0.2) is 42.8 Å². The molecule has 0 saturated carbocycles. The molecule has 2 aliphatic rings. The molecule has 1 amide bonds. The molecule has 2 heterocycles. The fourth-order valence-corrected chi connectivity index (χ4v) is 5.00. The van der Waals surface area contributed by atoms with Crippen molar-refractivity contribution >= 4 is 34.5 Å². The van der Waals surface area contributed by atoms with Gasteiger partial charge in [0.05, 0.1) is 44.6 Å². The lowest BCUT2D eigenvalue weighted by Crippen LogP contribution is -2.37. The molecule has 2 aliphatic heterocycles. The van der Waals surface area contributed by atoms with Crippen LogP contribution in [0.5, 0.6) is 11.5 Å². The highest BCUT2D eigenvalue weighted by atomic mass is 32.2. The summed E-state index contributed by atoms with van der Waals surface area (Å²) in [5.41, 5.74) is 3.23. The van der Waals surface area contributed by atoms with Crippen molar-refractivity contribution in [1.29, 1.82) is 0 Å². The normalized spacial score (nSPS) is 16.8. The summed E-state index contributed by atoms with van der Waals surface area (Å²) in [5, 5.41) is 5.52. The van der Waals surface area contributed by atoms with Gasteiger partial charge < -0.3 is 24.4 Å². The van der Waals surface area contributed by atoms with E-state index >= 15 is 0 Å². The van der Waals surface area contributed by atoms with Crippen LogP contribution in [0.4, 0.5) is 5.69 Å². The first-order valence-corrected chi connectivity index (χ1v) is 12.0. The summed E-state index contributed by atoms with van der Waals surface area (Å²) in [6, 6.07) is 14.2. The molecule has 9 heteroatoms. The van der Waals surface area contributed by atoms with Crippen molar-refractivity contribution in [2.45, 2.75) is 26.3 Å². The van der Waals surface area contributed by atoms with Gasteiger partial charge in [0.15, 0.2) is 5.17 Å². The molecule has 0 spiro atoms. The third-order valence-corrected chi connectivity index (χ3v) is 6.49. The number of nitrogens with zero attached hydrogens (tertiary/aromatic N) is 2. The van der Waals surface area contributed by atoms with Gasteiger partial charge in [-0.05, 0) is 49.1 Å². The van der Waals surface area contributed by atoms with E-state index < -0.39 is 12.0 Å². The van der Waals surface area contributed by atoms with Crippen molar-refractivity contribution in [3.8, 4) is 11.5 Å². The van der Waals surface area contributed by atoms with E-state index in [9.17, 15) is 9.59 Å². The zero-order valence-electron chi connectivity index (χ0n) is 20.0. The van der Waals surface area contributed by atoms with Gasteiger partial charge in [-0.1, -0.05) is 30.0 Å². The maximum absolute atomic E-state index is 13.0. The van der Waals surface area contributed by atoms with Crippen molar-refractivity contribution in [3.63, 3.8) is 0 Å². The Kier molecular flexibility index (Phi) is 7.45. The average molecular weight is 494 g/mol. The number of hydrogen-bond donors (Lipinski definition) is 1. The molecule has 0 unspecified atom stereocenters. The Labute approximate surface area is 208 Å². The third kappa shape index (κ3) is 5.19. The molecule has 0 aliphatic carbocycles. The van der Waals surface area contributed by atoms with Gasteiger partial charge >= 0.3 is 5.97 Å². The first-order valence-electron chi connectivity index (χ1n) is 11.1. The van der Waals surface area contributed by atoms with Gasteiger partial charge in [-0.2, -0.15) is 0 Å². The molecule has 0 saturated heterocycles. The minimum Gasteiger partial charge on any atom is -0.497 e. The van der Waals surface area contributed by atoms with E-state index in [2.05, 4.69) is 10.3 Å². The van der Waals surface area contributed by atoms with Crippen molar-refractivity contribution in [1.82, 2.24) is 4.90 Å². The van der Waals surface area contributed by atoms with Crippen molar-refractivity contribution in [3.05, 3.63) is 76.5 Å². The Bertz CT molecular complexity index is 1240. The predicted octanol–water partition coefficient (Wildman–Crippen LogP) is 4.87. The van der Waals surface area contributed by atoms with E-state index in [-0.39, 0.29) is 18.9 Å². The number of anilines is 1. The maximum Gasteiger partial charge on any atom is 0.338 e. The van der Waals surface area contributed by atoms with Crippen LogP contribution < -0.4 is 14.8 Å². The number of rotatable bonds is 8. The Morgan fingerprint density at radius 2 is 1.80 bits per heavy atom. The summed E-state index contributed by atoms with van der Waals surface area (Å²) < 4.78 is 16.1. The average Bonchev–Trinajstić information content (AvgIpc) is 3.24. The number of thioether (sulfide) groups is 1. The van der Waals surface area contributed by atoms with E-state index in [1.54, 1.807) is 40.2 Å². The van der Waals surface area contributed by atoms with Gasteiger partial charge in [0.25, 0.3) is 0 Å². The number of amides is 1. The number of amidine groups is 1. The van der Waals surface area contributed by atoms with Crippen LogP contribution in [0.1, 0.15) is 31.9 Å². The molecule has 0 aromatic heterocycles. The van der Waals surface area contributed by atoms with Crippen LogP contribution in [0.2, 0.25) is 0 Å². The maximum atomic E-state index is 13.0. The van der Waals surface area contributed by atoms with Gasteiger partial charge in [-0.15, -0.1) is 0 Å². The van der Waals surface area contributed by atoms with Crippen LogP contribution in [0.25, 0.3) is 0 Å². The Morgan fingerprint density at radius 3 is 2.51 bits per heavy atom. The topological polar surface area (TPSA) is 89.5 Å². The molecule has 35 heavy (non-hydrogen) atoms. The molecule has 8 nitrogen and oxygen atoms in total. The molecular formula is C26H27N3O5S. The second-order valence-corrected chi connectivity index (χ2v) is 8.68. The summed E-state index contributed by atoms with van der Waals surface area (Å²) in [5.74, 6) is 0.694. The second-order valence-electron chi connectivity index (χ2n) is 7.85. The number of allylic oxidation sites excluding steroid dienone is 1. The van der Waals surface area contributed by atoms with Crippen LogP contribution in [0.15, 0.2) is 75.9 Å². The fraction of sp³-hybridized carbons (Fsp3) is 0.269. The molecular weight excluding hydrogens is 466 g/mol. The lowest BCUT2D eigenvalue weighted by Gasteiger charge is -2.36. The van der Waals surface area contributed by atoms with Gasteiger partial charge in [0, 0.05) is 17.5 Å². The predicted molar refractivity (Wildman–Crippen MR) is 136 cm³/mol. The SMILES string of the molecule is CCOC(=O)C1=C(C)N=C2SC=C(CC(=O)Nc3cccc(OC)c3)N2[C@H]1c1cccc(OC)c1. The lowest BCUT2D eigenvalue weighted by molar-refractivity contribution is -0.139. The number of methoxy groups -OCH3 is 2. The molecule has 4 rings (SSSR count). The van der Waals surface area contributed by atoms with Gasteiger partial charge in [0.2, 0.25) is 5.91 Å². The Balaban J connectivity index is 1.66. The summed E-state index contributed by atoms with van der Waals surface area (Å²) in [6.45, 7) is 3.82. The largest absolute Gasteiger partial charge is 0.497 e. The summed E-state index contributed by atoms with van der Waals surface area (Å²) in [4.78, 5) is 32.6. The van der Waals surface area contributed by atoms with E-state index in [0.717, 1.165) is 11.3 Å². The molecule has 1 N–H and O–H groups in total. The number of aliphatic imine (C=N–C) groups is 1. The fourth-order valence-electron chi connectivity index (χ4n) is 4.04. The minimum atomic E-state index is -0.512. The molecule has 0 fully saturated rings. The molecule has 2 aromatic rings. The van der Waals surface area contributed by atoms with Crippen LogP contribution in [0, 0.1) is 0 Å². The molecule has 0 radical (unpaired) electrons. The second kappa shape index (κ2) is 10.7. The summed E-state index contributed by atoms with van der Waals surface area (Å²) >= 11 is 1.42. The van der Waals surface area contributed by atoms with Crippen molar-refractivity contribution < 1.29 is 23.8 Å². The number of carbonyl (C=O) groups excluding carboxylic acids is 2. The molecule has 1 atom stereocenters. The van der Waals surface area contributed by atoms with E-state index in [1.807, 2.05) is 46.7 Å². The molecule has 0 bridgehead atoms. The zero-order chi connectivity index (χ0) is 24.9. The number of fused-ring (bicyclic) bond motifs is 1. The molecule has 182 valence electrons. The summed E-state index contributed by atoms with van der Waals surface area (Å²) in [7, 11) is 3.17. The van der Waals surface area contributed by atoms with E-state index in [0.29, 0.717) is 33.6 Å². The first-order chi connectivity index (χ1) is 16.9. The number of hydrogen-bond acceptors (Lipinski definition) is 8. The standard InChI is InChI=1S/C26H27N3O5S/c1-5-34-25(31)23-16(2)27-26-29(24(23)17-8-6-10-20(12-17)32-3)19(15-35-26)14-22(30)28-18-9-7-11-21(13-18)33-4/h6-13,15,24H,5,14H2,1-4H3,(H,28,30)/t24-/m0/s1. The summed E-state index contributed by atoms with van der Waals surface area (Å²) in [6.07, 6.45) is 0.0961. The zero-order valence-corrected chi connectivity index (χ0v) is 20.8. The van der Waals surface area contributed by atoms with Crippen LogP contribution >= 0.6 is 11.8 Å². The monoisotopic (exact) mass is 493 g/mol. The number of benzene rings is 2. The highest BCUT2D eigenvalue weighted by molar-refractivity contribution is 8.16. The van der Waals surface area contributed by atoms with Gasteiger partial charge in [0.1, 0.15) is 11.5 Å². The first kappa shape index (κ1) is 24.4. The molecule has 2 aromatic carbocycles.